The van der Waals surface area contributed by atoms with E-state index in [1.165, 1.54) is 44.9 Å². The highest BCUT2D eigenvalue weighted by Gasteiger charge is 2.36. The van der Waals surface area contributed by atoms with Gasteiger partial charge in [0, 0.05) is 19.5 Å². The molecule has 2 fully saturated rings. The number of likely N-dealkylation sites (tertiary alicyclic amines) is 1. The molecule has 2 N–H and O–H groups in total. The summed E-state index contributed by atoms with van der Waals surface area (Å²) >= 11 is 0. The number of hydrogen-bond acceptors (Lipinski definition) is 2. The Kier molecular flexibility index (Phi) is 5.70. The van der Waals surface area contributed by atoms with Gasteiger partial charge in [0.15, 0.2) is 0 Å². The predicted octanol–water partition coefficient (Wildman–Crippen LogP) is 3.71. The van der Waals surface area contributed by atoms with Crippen molar-refractivity contribution in [1.29, 1.82) is 0 Å². The van der Waals surface area contributed by atoms with Crippen LogP contribution in [0.3, 0.4) is 0 Å². The van der Waals surface area contributed by atoms with Gasteiger partial charge in [-0.05, 0) is 55.9 Å². The van der Waals surface area contributed by atoms with Gasteiger partial charge in [-0.2, -0.15) is 0 Å². The largest absolute Gasteiger partial charge is 0.343 e. The molecule has 0 unspecified atom stereocenters. The van der Waals surface area contributed by atoms with Crippen LogP contribution >= 0.6 is 0 Å². The van der Waals surface area contributed by atoms with E-state index in [1.807, 2.05) is 0 Å². The molecular formula is C18H34N2O. The van der Waals surface area contributed by atoms with Crippen molar-refractivity contribution in [3.63, 3.8) is 0 Å². The van der Waals surface area contributed by atoms with E-state index < -0.39 is 0 Å². The lowest BCUT2D eigenvalue weighted by molar-refractivity contribution is -0.134. The molecule has 0 aromatic heterocycles. The molecule has 1 heterocycles. The van der Waals surface area contributed by atoms with Crippen molar-refractivity contribution >= 4 is 5.91 Å². The standard InChI is InChI=1S/C18H34N2O/c1-17(2,10-13-19)9-6-16(21)20-14-11-18(12-15-20)7-4-3-5-8-18/h3-15,19H2,1-2H3. The lowest BCUT2D eigenvalue weighted by Gasteiger charge is -2.44. The van der Waals surface area contributed by atoms with Gasteiger partial charge in [0.05, 0.1) is 0 Å². The van der Waals surface area contributed by atoms with Crippen molar-refractivity contribution in [3.8, 4) is 0 Å². The number of hydrogen-bond donors (Lipinski definition) is 1. The van der Waals surface area contributed by atoms with Crippen LogP contribution in [-0.4, -0.2) is 30.4 Å². The topological polar surface area (TPSA) is 46.3 Å². The van der Waals surface area contributed by atoms with E-state index in [1.54, 1.807) is 0 Å². The minimum atomic E-state index is 0.199. The van der Waals surface area contributed by atoms with Crippen LogP contribution in [0.2, 0.25) is 0 Å². The van der Waals surface area contributed by atoms with Crippen LogP contribution in [0.1, 0.15) is 78.1 Å². The number of carbonyl (C=O) groups excluding carboxylic acids is 1. The predicted molar refractivity (Wildman–Crippen MR) is 88.0 cm³/mol. The van der Waals surface area contributed by atoms with Crippen molar-refractivity contribution < 1.29 is 4.79 Å². The van der Waals surface area contributed by atoms with Crippen LogP contribution in [0.25, 0.3) is 0 Å². The number of piperidine rings is 1. The summed E-state index contributed by atoms with van der Waals surface area (Å²) in [5, 5.41) is 0. The Morgan fingerprint density at radius 1 is 1.05 bits per heavy atom. The average molecular weight is 294 g/mol. The Labute approximate surface area is 130 Å². The van der Waals surface area contributed by atoms with E-state index in [0.29, 0.717) is 24.3 Å². The van der Waals surface area contributed by atoms with Crippen LogP contribution in [0.5, 0.6) is 0 Å². The molecule has 122 valence electrons. The SMILES string of the molecule is CC(C)(CCN)CCC(=O)N1CCC2(CCCCC2)CC1. The maximum atomic E-state index is 12.4. The van der Waals surface area contributed by atoms with Gasteiger partial charge in [0.25, 0.3) is 0 Å². The summed E-state index contributed by atoms with van der Waals surface area (Å²) in [7, 11) is 0. The van der Waals surface area contributed by atoms with Gasteiger partial charge in [-0.25, -0.2) is 0 Å². The summed E-state index contributed by atoms with van der Waals surface area (Å²) in [6.45, 7) is 7.15. The molecule has 1 saturated heterocycles. The fourth-order valence-electron chi connectivity index (χ4n) is 4.15. The maximum absolute atomic E-state index is 12.4. The monoisotopic (exact) mass is 294 g/mol. The van der Waals surface area contributed by atoms with Crippen molar-refractivity contribution in [2.24, 2.45) is 16.6 Å². The highest BCUT2D eigenvalue weighted by molar-refractivity contribution is 5.76. The highest BCUT2D eigenvalue weighted by atomic mass is 16.2. The first-order valence-corrected chi connectivity index (χ1v) is 8.94. The molecule has 3 nitrogen and oxygen atoms in total. The molecular weight excluding hydrogens is 260 g/mol. The molecule has 0 aromatic rings. The first-order chi connectivity index (χ1) is 9.96. The lowest BCUT2D eigenvalue weighted by Crippen LogP contribution is -2.44. The van der Waals surface area contributed by atoms with Crippen LogP contribution in [0.15, 0.2) is 0 Å². The minimum Gasteiger partial charge on any atom is -0.343 e. The lowest BCUT2D eigenvalue weighted by atomic mass is 9.68. The molecule has 21 heavy (non-hydrogen) atoms. The van der Waals surface area contributed by atoms with Gasteiger partial charge in [0.2, 0.25) is 5.91 Å². The first kappa shape index (κ1) is 16.8. The van der Waals surface area contributed by atoms with Crippen LogP contribution < -0.4 is 5.73 Å². The van der Waals surface area contributed by atoms with Crippen LogP contribution in [0, 0.1) is 10.8 Å². The molecule has 0 atom stereocenters. The quantitative estimate of drug-likeness (QED) is 0.840. The number of nitrogens with zero attached hydrogens (tertiary/aromatic N) is 1. The average Bonchev–Trinajstić information content (AvgIpc) is 2.46. The molecule has 1 aliphatic carbocycles. The summed E-state index contributed by atoms with van der Waals surface area (Å²) in [4.78, 5) is 14.5. The molecule has 2 aliphatic rings. The Morgan fingerprint density at radius 2 is 1.67 bits per heavy atom. The van der Waals surface area contributed by atoms with Gasteiger partial charge in [-0.1, -0.05) is 33.1 Å². The molecule has 1 aliphatic heterocycles. The second-order valence-corrected chi connectivity index (χ2v) is 8.14. The molecule has 1 spiro atoms. The van der Waals surface area contributed by atoms with E-state index in [-0.39, 0.29) is 5.41 Å². The van der Waals surface area contributed by atoms with Crippen LogP contribution in [0.4, 0.5) is 0 Å². The van der Waals surface area contributed by atoms with Crippen molar-refractivity contribution in [2.75, 3.05) is 19.6 Å². The number of rotatable bonds is 5. The third-order valence-corrected chi connectivity index (χ3v) is 5.93. The third kappa shape index (κ3) is 4.70. The fourth-order valence-corrected chi connectivity index (χ4v) is 4.15. The van der Waals surface area contributed by atoms with E-state index in [0.717, 1.165) is 25.9 Å². The van der Waals surface area contributed by atoms with E-state index in [2.05, 4.69) is 18.7 Å². The number of carbonyl (C=O) groups is 1. The van der Waals surface area contributed by atoms with Crippen molar-refractivity contribution in [3.05, 3.63) is 0 Å². The second kappa shape index (κ2) is 7.13. The summed E-state index contributed by atoms with van der Waals surface area (Å²) in [6, 6.07) is 0. The molecule has 0 aromatic carbocycles. The van der Waals surface area contributed by atoms with Gasteiger partial charge >= 0.3 is 0 Å². The van der Waals surface area contributed by atoms with Gasteiger partial charge in [-0.15, -0.1) is 0 Å². The Morgan fingerprint density at radius 3 is 2.24 bits per heavy atom. The number of amides is 1. The number of nitrogens with two attached hydrogens (primary N) is 1. The first-order valence-electron chi connectivity index (χ1n) is 8.94. The molecule has 2 rings (SSSR count). The molecule has 1 saturated carbocycles. The molecule has 0 bridgehead atoms. The summed E-state index contributed by atoms with van der Waals surface area (Å²) in [6.07, 6.45) is 12.2. The highest BCUT2D eigenvalue weighted by Crippen LogP contribution is 2.44. The summed E-state index contributed by atoms with van der Waals surface area (Å²) in [5.74, 6) is 0.366. The summed E-state index contributed by atoms with van der Waals surface area (Å²) < 4.78 is 0. The zero-order valence-electron chi connectivity index (χ0n) is 14.1. The van der Waals surface area contributed by atoms with Crippen LogP contribution in [-0.2, 0) is 4.79 Å². The van der Waals surface area contributed by atoms with Crippen molar-refractivity contribution in [2.45, 2.75) is 78.1 Å². The normalized spacial score (nSPS) is 22.5. The maximum Gasteiger partial charge on any atom is 0.222 e. The zero-order chi connectivity index (χ0) is 15.3. The summed E-state index contributed by atoms with van der Waals surface area (Å²) in [5.41, 5.74) is 6.44. The van der Waals surface area contributed by atoms with Crippen molar-refractivity contribution in [1.82, 2.24) is 4.90 Å². The molecule has 3 heteroatoms. The molecule has 0 radical (unpaired) electrons. The molecule has 1 amide bonds. The second-order valence-electron chi connectivity index (χ2n) is 8.14. The minimum absolute atomic E-state index is 0.199. The van der Waals surface area contributed by atoms with E-state index in [9.17, 15) is 4.79 Å². The van der Waals surface area contributed by atoms with Gasteiger partial charge < -0.3 is 10.6 Å². The van der Waals surface area contributed by atoms with E-state index >= 15 is 0 Å². The van der Waals surface area contributed by atoms with Gasteiger partial charge in [0.1, 0.15) is 0 Å². The van der Waals surface area contributed by atoms with E-state index in [4.69, 9.17) is 5.73 Å². The Hall–Kier alpha value is -0.570. The Balaban J connectivity index is 1.75. The third-order valence-electron chi connectivity index (χ3n) is 5.93. The zero-order valence-corrected chi connectivity index (χ0v) is 14.1. The fraction of sp³-hybridized carbons (Fsp3) is 0.944. The van der Waals surface area contributed by atoms with Gasteiger partial charge in [-0.3, -0.25) is 4.79 Å². The smallest absolute Gasteiger partial charge is 0.222 e. The Bertz CT molecular complexity index is 335.